The Morgan fingerprint density at radius 1 is 1.21 bits per heavy atom. The van der Waals surface area contributed by atoms with Crippen molar-refractivity contribution in [1.82, 2.24) is 29.7 Å². The summed E-state index contributed by atoms with van der Waals surface area (Å²) in [5, 5.41) is 7.45. The molecular formula is C21H29N7O. The number of nitrogens with one attached hydrogen (secondary N) is 1. The first-order valence-electron chi connectivity index (χ1n) is 10.3. The second-order valence-corrected chi connectivity index (χ2v) is 7.39. The average Bonchev–Trinajstić information content (AvgIpc) is 3.38. The van der Waals surface area contributed by atoms with E-state index in [2.05, 4.69) is 56.9 Å². The van der Waals surface area contributed by atoms with Crippen molar-refractivity contribution in [2.45, 2.75) is 26.8 Å². The predicted octanol–water partition coefficient (Wildman–Crippen LogP) is 1.96. The highest BCUT2D eigenvalue weighted by molar-refractivity contribution is 5.80. The van der Waals surface area contributed by atoms with E-state index in [4.69, 9.17) is 14.5 Å². The first kappa shape index (κ1) is 19.4. The highest BCUT2D eigenvalue weighted by Gasteiger charge is 2.20. The van der Waals surface area contributed by atoms with Gasteiger partial charge in [0.15, 0.2) is 5.96 Å². The van der Waals surface area contributed by atoms with Crippen molar-refractivity contribution in [2.75, 3.05) is 39.3 Å². The van der Waals surface area contributed by atoms with Crippen molar-refractivity contribution in [3.63, 3.8) is 0 Å². The molecule has 0 atom stereocenters. The number of aromatic nitrogens is 3. The lowest BCUT2D eigenvalue weighted by molar-refractivity contribution is 0.169. The molecule has 3 aromatic heterocycles. The Hall–Kier alpha value is -2.87. The van der Waals surface area contributed by atoms with E-state index in [1.54, 1.807) is 6.26 Å². The van der Waals surface area contributed by atoms with Crippen LogP contribution in [0.2, 0.25) is 0 Å². The van der Waals surface area contributed by atoms with E-state index in [1.165, 1.54) is 5.56 Å². The predicted molar refractivity (Wildman–Crippen MR) is 113 cm³/mol. The summed E-state index contributed by atoms with van der Waals surface area (Å²) in [6.45, 7) is 10.5. The third kappa shape index (κ3) is 4.76. The molecule has 29 heavy (non-hydrogen) atoms. The molecule has 1 N–H and O–H groups in total. The van der Waals surface area contributed by atoms with Crippen molar-refractivity contribution in [1.29, 1.82) is 0 Å². The fourth-order valence-corrected chi connectivity index (χ4v) is 3.69. The lowest BCUT2D eigenvalue weighted by Gasteiger charge is -2.36. The number of aryl methyl sites for hydroxylation is 1. The molecule has 0 amide bonds. The number of piperazine rings is 1. The van der Waals surface area contributed by atoms with Crippen molar-refractivity contribution in [3.8, 4) is 0 Å². The van der Waals surface area contributed by atoms with Crippen LogP contribution in [-0.4, -0.2) is 69.6 Å². The smallest absolute Gasteiger partial charge is 0.194 e. The number of rotatable bonds is 6. The number of hydrogen-bond donors (Lipinski definition) is 1. The normalized spacial score (nSPS) is 15.9. The second kappa shape index (κ2) is 9.09. The van der Waals surface area contributed by atoms with Crippen molar-refractivity contribution in [2.24, 2.45) is 4.99 Å². The van der Waals surface area contributed by atoms with Gasteiger partial charge in [-0.05, 0) is 25.5 Å². The van der Waals surface area contributed by atoms with Gasteiger partial charge in [0.2, 0.25) is 0 Å². The monoisotopic (exact) mass is 395 g/mol. The van der Waals surface area contributed by atoms with E-state index in [0.717, 1.165) is 75.2 Å². The topological polar surface area (TPSA) is 74.2 Å². The molecule has 0 spiro atoms. The highest BCUT2D eigenvalue weighted by atomic mass is 16.5. The lowest BCUT2D eigenvalue weighted by Crippen LogP contribution is -2.52. The third-order valence-corrected chi connectivity index (χ3v) is 5.24. The van der Waals surface area contributed by atoms with Crippen LogP contribution in [0, 0.1) is 6.92 Å². The Balaban J connectivity index is 1.33. The van der Waals surface area contributed by atoms with Crippen molar-refractivity contribution in [3.05, 3.63) is 53.8 Å². The summed E-state index contributed by atoms with van der Waals surface area (Å²) in [4.78, 5) is 14.4. The Morgan fingerprint density at radius 2 is 2.07 bits per heavy atom. The first-order valence-corrected chi connectivity index (χ1v) is 10.3. The molecule has 8 nitrogen and oxygen atoms in total. The second-order valence-electron chi connectivity index (χ2n) is 7.39. The van der Waals surface area contributed by atoms with Gasteiger partial charge in [0.1, 0.15) is 11.9 Å². The van der Waals surface area contributed by atoms with Gasteiger partial charge in [0.25, 0.3) is 0 Å². The van der Waals surface area contributed by atoms with Crippen LogP contribution >= 0.6 is 0 Å². The quantitative estimate of drug-likeness (QED) is 0.508. The molecule has 154 valence electrons. The molecule has 1 fully saturated rings. The maximum absolute atomic E-state index is 4.93. The Labute approximate surface area is 171 Å². The van der Waals surface area contributed by atoms with Crippen LogP contribution in [0.25, 0.3) is 5.65 Å². The van der Waals surface area contributed by atoms with Gasteiger partial charge in [0.05, 0.1) is 11.4 Å². The summed E-state index contributed by atoms with van der Waals surface area (Å²) in [6, 6.07) is 6.08. The fraction of sp³-hybridized carbons (Fsp3) is 0.476. The van der Waals surface area contributed by atoms with Crippen LogP contribution in [0.4, 0.5) is 0 Å². The van der Waals surface area contributed by atoms with Gasteiger partial charge in [-0.25, -0.2) is 4.98 Å². The summed E-state index contributed by atoms with van der Waals surface area (Å²) in [7, 11) is 0. The van der Waals surface area contributed by atoms with Crippen molar-refractivity contribution >= 4 is 11.6 Å². The molecule has 4 heterocycles. The molecule has 0 saturated carbocycles. The van der Waals surface area contributed by atoms with Crippen LogP contribution in [0.3, 0.4) is 0 Å². The Bertz CT molecular complexity index is 939. The standard InChI is InChI=1S/C21H29N7O/c1-3-22-21(27-12-10-26(11-13-27)15-19-7-14-29-25-19)23-8-6-18-16-28-9-4-5-17(2)20(28)24-18/h4-5,7,9,14,16H,3,6,8,10-13,15H2,1-2H3,(H,22,23). The van der Waals surface area contributed by atoms with Gasteiger partial charge < -0.3 is 19.1 Å². The van der Waals surface area contributed by atoms with Crippen LogP contribution in [0.1, 0.15) is 23.9 Å². The molecule has 0 bridgehead atoms. The summed E-state index contributed by atoms with van der Waals surface area (Å²) >= 11 is 0. The van der Waals surface area contributed by atoms with Gasteiger partial charge in [-0.15, -0.1) is 0 Å². The highest BCUT2D eigenvalue weighted by Crippen LogP contribution is 2.11. The molecule has 0 unspecified atom stereocenters. The zero-order chi connectivity index (χ0) is 20.1. The zero-order valence-corrected chi connectivity index (χ0v) is 17.2. The molecule has 1 saturated heterocycles. The molecule has 1 aliphatic rings. The van der Waals surface area contributed by atoms with Crippen LogP contribution in [0.5, 0.6) is 0 Å². The number of fused-ring (bicyclic) bond motifs is 1. The van der Waals surface area contributed by atoms with E-state index in [-0.39, 0.29) is 0 Å². The molecular weight excluding hydrogens is 366 g/mol. The van der Waals surface area contributed by atoms with Crippen molar-refractivity contribution < 1.29 is 4.52 Å². The number of imidazole rings is 1. The fourth-order valence-electron chi connectivity index (χ4n) is 3.69. The minimum Gasteiger partial charge on any atom is -0.364 e. The summed E-state index contributed by atoms with van der Waals surface area (Å²) in [5.74, 6) is 0.994. The minimum absolute atomic E-state index is 0.727. The lowest BCUT2D eigenvalue weighted by atomic mass is 10.3. The maximum atomic E-state index is 4.93. The summed E-state index contributed by atoms with van der Waals surface area (Å²) in [5.41, 5.74) is 4.29. The number of guanidine groups is 1. The summed E-state index contributed by atoms with van der Waals surface area (Å²) < 4.78 is 7.02. The Morgan fingerprint density at radius 3 is 2.79 bits per heavy atom. The van der Waals surface area contributed by atoms with E-state index in [0.29, 0.717) is 0 Å². The van der Waals surface area contributed by atoms with Gasteiger partial charge in [-0.2, -0.15) is 0 Å². The number of aliphatic imine (C=N–C) groups is 1. The minimum atomic E-state index is 0.727. The first-order chi connectivity index (χ1) is 14.2. The van der Waals surface area contributed by atoms with Crippen LogP contribution in [0.15, 0.2) is 46.4 Å². The number of hydrogen-bond acceptors (Lipinski definition) is 5. The number of nitrogens with zero attached hydrogens (tertiary/aromatic N) is 6. The SMILES string of the molecule is CCNC(=NCCc1cn2cccc(C)c2n1)N1CCN(Cc2ccon2)CC1. The molecule has 1 aliphatic heterocycles. The van der Waals surface area contributed by atoms with Crippen LogP contribution < -0.4 is 5.32 Å². The molecule has 0 aliphatic carbocycles. The average molecular weight is 396 g/mol. The maximum Gasteiger partial charge on any atom is 0.194 e. The van der Waals surface area contributed by atoms with Crippen LogP contribution in [-0.2, 0) is 13.0 Å². The zero-order valence-electron chi connectivity index (χ0n) is 17.2. The molecule has 3 aromatic rings. The van der Waals surface area contributed by atoms with Gasteiger partial charge >= 0.3 is 0 Å². The molecule has 0 aromatic carbocycles. The Kier molecular flexibility index (Phi) is 6.09. The van der Waals surface area contributed by atoms with E-state index in [9.17, 15) is 0 Å². The summed E-state index contributed by atoms with van der Waals surface area (Å²) in [6.07, 6.45) is 6.62. The van der Waals surface area contributed by atoms with E-state index < -0.39 is 0 Å². The molecule has 4 rings (SSSR count). The van der Waals surface area contributed by atoms with Gasteiger partial charge in [0, 0.05) is 70.7 Å². The number of pyridine rings is 1. The molecule has 8 heteroatoms. The third-order valence-electron chi connectivity index (χ3n) is 5.24. The van der Waals surface area contributed by atoms with Gasteiger partial charge in [-0.1, -0.05) is 11.2 Å². The van der Waals surface area contributed by atoms with Gasteiger partial charge in [-0.3, -0.25) is 9.89 Å². The molecule has 0 radical (unpaired) electrons. The van der Waals surface area contributed by atoms with E-state index >= 15 is 0 Å². The largest absolute Gasteiger partial charge is 0.364 e. The van der Waals surface area contributed by atoms with E-state index in [1.807, 2.05) is 12.3 Å².